The standard InChI is InChI=1S/C16H15N5O4S/c1-3-25-14(22)13-8-20-15(17-10(13)2)18-16(19-20)26-9-11-5-4-6-12(7-11)21(23)24/h4-8H,3,9H2,1-2H3. The fourth-order valence-electron chi connectivity index (χ4n) is 2.26. The van der Waals surface area contributed by atoms with Gasteiger partial charge in [0.1, 0.15) is 0 Å². The van der Waals surface area contributed by atoms with Crippen molar-refractivity contribution < 1.29 is 14.5 Å². The minimum Gasteiger partial charge on any atom is -0.462 e. The molecule has 0 aliphatic carbocycles. The number of nitro benzene ring substituents is 1. The SMILES string of the molecule is CCOC(=O)c1cn2nc(SCc3cccc([N+](=O)[O-])c3)nc2nc1C. The third kappa shape index (κ3) is 3.80. The molecule has 0 N–H and O–H groups in total. The number of hydrogen-bond donors (Lipinski definition) is 0. The van der Waals surface area contributed by atoms with Crippen LogP contribution in [0.3, 0.4) is 0 Å². The first-order valence-electron chi connectivity index (χ1n) is 7.75. The number of ether oxygens (including phenoxy) is 1. The first kappa shape index (κ1) is 17.8. The van der Waals surface area contributed by atoms with Gasteiger partial charge in [0.2, 0.25) is 5.16 Å². The molecule has 0 aliphatic rings. The molecule has 134 valence electrons. The van der Waals surface area contributed by atoms with Crippen molar-refractivity contribution in [3.8, 4) is 0 Å². The Morgan fingerprint density at radius 1 is 1.38 bits per heavy atom. The van der Waals surface area contributed by atoms with Crippen LogP contribution in [0.1, 0.15) is 28.5 Å². The van der Waals surface area contributed by atoms with Gasteiger partial charge in [0.25, 0.3) is 11.5 Å². The van der Waals surface area contributed by atoms with E-state index >= 15 is 0 Å². The molecule has 9 nitrogen and oxygen atoms in total. The van der Waals surface area contributed by atoms with E-state index in [9.17, 15) is 14.9 Å². The molecule has 0 saturated heterocycles. The maximum atomic E-state index is 11.9. The van der Waals surface area contributed by atoms with Crippen molar-refractivity contribution in [3.63, 3.8) is 0 Å². The Hall–Kier alpha value is -3.01. The van der Waals surface area contributed by atoms with Crippen LogP contribution in [0.4, 0.5) is 5.69 Å². The van der Waals surface area contributed by atoms with Crippen LogP contribution in [-0.2, 0) is 10.5 Å². The number of benzene rings is 1. The highest BCUT2D eigenvalue weighted by molar-refractivity contribution is 7.98. The molecule has 0 radical (unpaired) electrons. The van der Waals surface area contributed by atoms with E-state index in [1.54, 1.807) is 32.2 Å². The lowest BCUT2D eigenvalue weighted by molar-refractivity contribution is -0.384. The smallest absolute Gasteiger partial charge is 0.341 e. The Bertz CT molecular complexity index is 988. The summed E-state index contributed by atoms with van der Waals surface area (Å²) >= 11 is 1.33. The number of carbonyl (C=O) groups is 1. The third-order valence-corrected chi connectivity index (χ3v) is 4.40. The average Bonchev–Trinajstić information content (AvgIpc) is 3.01. The number of non-ortho nitro benzene ring substituents is 1. The number of aryl methyl sites for hydroxylation is 1. The van der Waals surface area contributed by atoms with E-state index < -0.39 is 10.9 Å². The van der Waals surface area contributed by atoms with Crippen molar-refractivity contribution in [1.29, 1.82) is 0 Å². The summed E-state index contributed by atoms with van der Waals surface area (Å²) in [5.41, 5.74) is 1.68. The molecule has 2 aromatic heterocycles. The van der Waals surface area contributed by atoms with Gasteiger partial charge in [-0.25, -0.2) is 14.3 Å². The van der Waals surface area contributed by atoms with Crippen molar-refractivity contribution in [2.24, 2.45) is 0 Å². The van der Waals surface area contributed by atoms with Gasteiger partial charge in [-0.05, 0) is 19.4 Å². The van der Waals surface area contributed by atoms with Crippen molar-refractivity contribution >= 4 is 29.2 Å². The summed E-state index contributed by atoms with van der Waals surface area (Å²) in [5, 5.41) is 15.6. The zero-order valence-electron chi connectivity index (χ0n) is 14.1. The number of hydrogen-bond acceptors (Lipinski definition) is 8. The van der Waals surface area contributed by atoms with Gasteiger partial charge in [0.15, 0.2) is 0 Å². The summed E-state index contributed by atoms with van der Waals surface area (Å²) in [4.78, 5) is 30.9. The van der Waals surface area contributed by atoms with Crippen LogP contribution >= 0.6 is 11.8 Å². The quantitative estimate of drug-likeness (QED) is 0.280. The number of carbonyl (C=O) groups excluding carboxylic acids is 1. The highest BCUT2D eigenvalue weighted by atomic mass is 32.2. The maximum Gasteiger partial charge on any atom is 0.341 e. The van der Waals surface area contributed by atoms with E-state index in [4.69, 9.17) is 4.74 Å². The largest absolute Gasteiger partial charge is 0.462 e. The molecule has 0 spiro atoms. The predicted octanol–water partition coefficient (Wildman–Crippen LogP) is 2.81. The lowest BCUT2D eigenvalue weighted by Crippen LogP contribution is -2.10. The van der Waals surface area contributed by atoms with Crippen molar-refractivity contribution in [3.05, 3.63) is 57.4 Å². The second kappa shape index (κ2) is 7.48. The minimum absolute atomic E-state index is 0.0439. The topological polar surface area (TPSA) is 113 Å². The van der Waals surface area contributed by atoms with Gasteiger partial charge < -0.3 is 4.74 Å². The normalized spacial score (nSPS) is 10.8. The van der Waals surface area contributed by atoms with E-state index in [1.165, 1.54) is 28.4 Å². The lowest BCUT2D eigenvalue weighted by atomic mass is 10.2. The molecule has 0 bridgehead atoms. The van der Waals surface area contributed by atoms with Gasteiger partial charge >= 0.3 is 5.97 Å². The Morgan fingerprint density at radius 3 is 2.92 bits per heavy atom. The van der Waals surface area contributed by atoms with Gasteiger partial charge in [0.05, 0.1) is 22.8 Å². The van der Waals surface area contributed by atoms with Crippen molar-refractivity contribution in [1.82, 2.24) is 19.6 Å². The Balaban J connectivity index is 1.80. The summed E-state index contributed by atoms with van der Waals surface area (Å²) in [6.07, 6.45) is 1.54. The molecule has 0 atom stereocenters. The van der Waals surface area contributed by atoms with E-state index in [2.05, 4.69) is 15.1 Å². The van der Waals surface area contributed by atoms with E-state index in [0.717, 1.165) is 5.56 Å². The Kier molecular flexibility index (Phi) is 5.12. The molecule has 0 unspecified atom stereocenters. The predicted molar refractivity (Wildman–Crippen MR) is 94.1 cm³/mol. The fraction of sp³-hybridized carbons (Fsp3) is 0.250. The molecule has 0 saturated carbocycles. The van der Waals surface area contributed by atoms with E-state index in [0.29, 0.717) is 27.9 Å². The zero-order chi connectivity index (χ0) is 18.7. The number of aromatic nitrogens is 4. The highest BCUT2D eigenvalue weighted by Crippen LogP contribution is 2.22. The Morgan fingerprint density at radius 2 is 2.19 bits per heavy atom. The van der Waals surface area contributed by atoms with Crippen LogP contribution in [0, 0.1) is 17.0 Å². The van der Waals surface area contributed by atoms with Crippen LogP contribution in [0.5, 0.6) is 0 Å². The second-order valence-electron chi connectivity index (χ2n) is 5.32. The Labute approximate surface area is 152 Å². The van der Waals surface area contributed by atoms with Crippen LogP contribution < -0.4 is 0 Å². The van der Waals surface area contributed by atoms with Crippen LogP contribution in [-0.4, -0.2) is 37.1 Å². The van der Waals surface area contributed by atoms with Crippen molar-refractivity contribution in [2.45, 2.75) is 24.8 Å². The summed E-state index contributed by atoms with van der Waals surface area (Å²) in [5.74, 6) is 0.389. The maximum absolute atomic E-state index is 11.9. The second-order valence-corrected chi connectivity index (χ2v) is 6.26. The number of fused-ring (bicyclic) bond motifs is 1. The summed E-state index contributed by atoms with van der Waals surface area (Å²) in [6.45, 7) is 3.71. The summed E-state index contributed by atoms with van der Waals surface area (Å²) < 4.78 is 6.43. The summed E-state index contributed by atoms with van der Waals surface area (Å²) in [7, 11) is 0. The van der Waals surface area contributed by atoms with E-state index in [-0.39, 0.29) is 12.3 Å². The van der Waals surface area contributed by atoms with Crippen molar-refractivity contribution in [2.75, 3.05) is 6.61 Å². The number of thioether (sulfide) groups is 1. The van der Waals surface area contributed by atoms with Gasteiger partial charge in [-0.1, -0.05) is 23.9 Å². The molecule has 0 amide bonds. The monoisotopic (exact) mass is 373 g/mol. The molecule has 3 rings (SSSR count). The first-order chi connectivity index (χ1) is 12.5. The minimum atomic E-state index is -0.458. The first-order valence-corrected chi connectivity index (χ1v) is 8.73. The molecule has 0 fully saturated rings. The molecule has 26 heavy (non-hydrogen) atoms. The number of nitrogens with zero attached hydrogens (tertiary/aromatic N) is 5. The zero-order valence-corrected chi connectivity index (χ0v) is 14.9. The molecule has 2 heterocycles. The molecule has 1 aromatic carbocycles. The highest BCUT2D eigenvalue weighted by Gasteiger charge is 2.15. The van der Waals surface area contributed by atoms with Gasteiger partial charge in [-0.3, -0.25) is 10.1 Å². The third-order valence-electron chi connectivity index (χ3n) is 3.49. The van der Waals surface area contributed by atoms with E-state index in [1.807, 2.05) is 0 Å². The number of esters is 1. The van der Waals surface area contributed by atoms with Crippen LogP contribution in [0.15, 0.2) is 35.6 Å². The molecule has 3 aromatic rings. The summed E-state index contributed by atoms with van der Waals surface area (Å²) in [6, 6.07) is 6.41. The van der Waals surface area contributed by atoms with Gasteiger partial charge in [0, 0.05) is 24.1 Å². The molecular weight excluding hydrogens is 358 g/mol. The fourth-order valence-corrected chi connectivity index (χ4v) is 3.03. The average molecular weight is 373 g/mol. The van der Waals surface area contributed by atoms with Crippen LogP contribution in [0.25, 0.3) is 5.78 Å². The molecule has 10 heteroatoms. The van der Waals surface area contributed by atoms with Gasteiger partial charge in [-0.15, -0.1) is 5.10 Å². The van der Waals surface area contributed by atoms with Gasteiger partial charge in [-0.2, -0.15) is 4.98 Å². The lowest BCUT2D eigenvalue weighted by Gasteiger charge is -2.04. The number of nitro groups is 1. The van der Waals surface area contributed by atoms with Crippen LogP contribution in [0.2, 0.25) is 0 Å². The molecule has 0 aliphatic heterocycles. The number of rotatable bonds is 6. The molecular formula is C16H15N5O4S.